The first kappa shape index (κ1) is 15.2. The Morgan fingerprint density at radius 3 is 2.35 bits per heavy atom. The third-order valence-corrected chi connectivity index (χ3v) is 3.78. The summed E-state index contributed by atoms with van der Waals surface area (Å²) in [5, 5.41) is 3.10. The number of hydrogen-bond acceptors (Lipinski definition) is 2. The molecule has 0 aliphatic heterocycles. The van der Waals surface area contributed by atoms with Crippen molar-refractivity contribution in [2.45, 2.75) is 6.18 Å². The number of nitrogen functional groups attached to an aromatic ring is 1. The summed E-state index contributed by atoms with van der Waals surface area (Å²) in [5.74, 6) is 0. The molecule has 0 saturated carbocycles. The lowest BCUT2D eigenvalue weighted by molar-refractivity contribution is -0.137. The highest BCUT2D eigenvalue weighted by Gasteiger charge is 2.31. The highest BCUT2D eigenvalue weighted by Crippen LogP contribution is 2.35. The molecular weight excluding hydrogens is 404 g/mol. The van der Waals surface area contributed by atoms with Crippen LogP contribution in [-0.4, -0.2) is 0 Å². The maximum absolute atomic E-state index is 12.7. The summed E-state index contributed by atoms with van der Waals surface area (Å²) in [7, 11) is 0. The molecule has 0 aliphatic rings. The topological polar surface area (TPSA) is 38.0 Å². The van der Waals surface area contributed by atoms with Gasteiger partial charge in [-0.25, -0.2) is 0 Å². The van der Waals surface area contributed by atoms with Gasteiger partial charge < -0.3 is 11.1 Å². The standard InChI is InChI=1S/C13H9ClF3IN2/c14-9-3-1-7(13(15,16)17)5-12(9)20-11-4-2-8(19)6-10(11)18/h1-6,20H,19H2. The quantitative estimate of drug-likeness (QED) is 0.520. The van der Waals surface area contributed by atoms with E-state index in [2.05, 4.69) is 5.32 Å². The fourth-order valence-electron chi connectivity index (χ4n) is 1.58. The zero-order valence-electron chi connectivity index (χ0n) is 9.93. The molecule has 7 heteroatoms. The van der Waals surface area contributed by atoms with Gasteiger partial charge in [-0.2, -0.15) is 13.2 Å². The molecule has 3 N–H and O–H groups in total. The highest BCUT2D eigenvalue weighted by molar-refractivity contribution is 14.1. The largest absolute Gasteiger partial charge is 0.416 e. The number of anilines is 3. The lowest BCUT2D eigenvalue weighted by atomic mass is 10.2. The van der Waals surface area contributed by atoms with Gasteiger partial charge in [-0.05, 0) is 59.0 Å². The van der Waals surface area contributed by atoms with Gasteiger partial charge in [0, 0.05) is 9.26 Å². The van der Waals surface area contributed by atoms with E-state index in [4.69, 9.17) is 17.3 Å². The first-order valence-corrected chi connectivity index (χ1v) is 6.92. The van der Waals surface area contributed by atoms with E-state index in [0.29, 0.717) is 11.4 Å². The molecule has 0 atom stereocenters. The molecule has 0 aromatic heterocycles. The van der Waals surface area contributed by atoms with E-state index < -0.39 is 11.7 Å². The van der Waals surface area contributed by atoms with Crippen LogP contribution in [0.5, 0.6) is 0 Å². The van der Waals surface area contributed by atoms with Gasteiger partial charge in [-0.3, -0.25) is 0 Å². The molecule has 0 fully saturated rings. The molecule has 2 aromatic rings. The van der Waals surface area contributed by atoms with Crippen molar-refractivity contribution in [3.63, 3.8) is 0 Å². The van der Waals surface area contributed by atoms with Crippen LogP contribution < -0.4 is 11.1 Å². The van der Waals surface area contributed by atoms with Crippen molar-refractivity contribution in [2.24, 2.45) is 0 Å². The molecule has 0 bridgehead atoms. The first-order valence-electron chi connectivity index (χ1n) is 5.46. The summed E-state index contributed by atoms with van der Waals surface area (Å²) >= 11 is 7.96. The zero-order valence-corrected chi connectivity index (χ0v) is 12.8. The van der Waals surface area contributed by atoms with Crippen molar-refractivity contribution in [1.29, 1.82) is 0 Å². The Bertz CT molecular complexity index is 644. The van der Waals surface area contributed by atoms with Crippen molar-refractivity contribution in [3.8, 4) is 0 Å². The fraction of sp³-hybridized carbons (Fsp3) is 0.0769. The third-order valence-electron chi connectivity index (χ3n) is 2.56. The molecule has 20 heavy (non-hydrogen) atoms. The number of benzene rings is 2. The molecule has 2 aromatic carbocycles. The molecule has 0 heterocycles. The molecule has 106 valence electrons. The summed E-state index contributed by atoms with van der Waals surface area (Å²) < 4.78 is 38.8. The molecule has 2 rings (SSSR count). The normalized spacial score (nSPS) is 11.4. The van der Waals surface area contributed by atoms with Crippen LogP contribution in [0.4, 0.5) is 30.2 Å². The molecule has 0 radical (unpaired) electrons. The van der Waals surface area contributed by atoms with Gasteiger partial charge in [-0.1, -0.05) is 11.6 Å². The number of alkyl halides is 3. The van der Waals surface area contributed by atoms with Gasteiger partial charge in [0.25, 0.3) is 0 Å². The smallest absolute Gasteiger partial charge is 0.399 e. The first-order chi connectivity index (χ1) is 9.27. The Balaban J connectivity index is 2.38. The van der Waals surface area contributed by atoms with Crippen LogP contribution in [0.1, 0.15) is 5.56 Å². The second-order valence-electron chi connectivity index (χ2n) is 4.06. The summed E-state index contributed by atoms with van der Waals surface area (Å²) in [5.41, 5.74) is 6.29. The molecule has 0 aliphatic carbocycles. The Kier molecular flexibility index (Phi) is 4.33. The highest BCUT2D eigenvalue weighted by atomic mass is 127. The van der Waals surface area contributed by atoms with Gasteiger partial charge in [0.15, 0.2) is 0 Å². The van der Waals surface area contributed by atoms with Crippen molar-refractivity contribution in [3.05, 3.63) is 50.6 Å². The van der Waals surface area contributed by atoms with Crippen LogP contribution in [-0.2, 0) is 6.18 Å². The monoisotopic (exact) mass is 412 g/mol. The van der Waals surface area contributed by atoms with Gasteiger partial charge >= 0.3 is 6.18 Å². The number of hydrogen-bond donors (Lipinski definition) is 2. The SMILES string of the molecule is Nc1ccc(Nc2cc(C(F)(F)F)ccc2Cl)c(I)c1. The molecular formula is C13H9ClF3IN2. The summed E-state index contributed by atoms with van der Waals surface area (Å²) in [4.78, 5) is 0. The number of nitrogens with one attached hydrogen (secondary N) is 1. The number of halogens is 5. The van der Waals surface area contributed by atoms with Crippen LogP contribution in [0.3, 0.4) is 0 Å². The van der Waals surface area contributed by atoms with Crippen molar-refractivity contribution in [2.75, 3.05) is 11.1 Å². The van der Waals surface area contributed by atoms with Gasteiger partial charge in [0.2, 0.25) is 0 Å². The maximum atomic E-state index is 12.7. The van der Waals surface area contributed by atoms with Gasteiger partial charge in [-0.15, -0.1) is 0 Å². The van der Waals surface area contributed by atoms with E-state index in [9.17, 15) is 13.2 Å². The Hall–Kier alpha value is -1.15. The van der Waals surface area contributed by atoms with Crippen molar-refractivity contribution < 1.29 is 13.2 Å². The second-order valence-corrected chi connectivity index (χ2v) is 5.63. The summed E-state index contributed by atoms with van der Waals surface area (Å²) in [6.07, 6.45) is -4.41. The van der Waals surface area contributed by atoms with Crippen LogP contribution in [0.25, 0.3) is 0 Å². The number of rotatable bonds is 2. The van der Waals surface area contributed by atoms with E-state index in [1.165, 1.54) is 6.07 Å². The molecule has 0 saturated heterocycles. The average Bonchev–Trinajstić information content (AvgIpc) is 2.33. The van der Waals surface area contributed by atoms with Crippen LogP contribution >= 0.6 is 34.2 Å². The minimum atomic E-state index is -4.41. The zero-order chi connectivity index (χ0) is 14.9. The Morgan fingerprint density at radius 2 is 1.75 bits per heavy atom. The van der Waals surface area contributed by atoms with E-state index in [-0.39, 0.29) is 10.7 Å². The summed E-state index contributed by atoms with van der Waals surface area (Å²) in [6.45, 7) is 0. The van der Waals surface area contributed by atoms with Crippen molar-refractivity contribution in [1.82, 2.24) is 0 Å². The van der Waals surface area contributed by atoms with Crippen LogP contribution in [0.15, 0.2) is 36.4 Å². The van der Waals surface area contributed by atoms with Gasteiger partial charge in [0.1, 0.15) is 0 Å². The third kappa shape index (κ3) is 3.49. The minimum absolute atomic E-state index is 0.198. The van der Waals surface area contributed by atoms with E-state index in [1.54, 1.807) is 18.2 Å². The predicted molar refractivity (Wildman–Crippen MR) is 83.3 cm³/mol. The fourth-order valence-corrected chi connectivity index (χ4v) is 2.41. The average molecular weight is 413 g/mol. The van der Waals surface area contributed by atoms with E-state index >= 15 is 0 Å². The molecule has 0 spiro atoms. The lowest BCUT2D eigenvalue weighted by Crippen LogP contribution is -2.05. The minimum Gasteiger partial charge on any atom is -0.399 e. The lowest BCUT2D eigenvalue weighted by Gasteiger charge is -2.13. The maximum Gasteiger partial charge on any atom is 0.416 e. The number of nitrogens with two attached hydrogens (primary N) is 1. The molecule has 0 unspecified atom stereocenters. The van der Waals surface area contributed by atoms with E-state index in [0.717, 1.165) is 15.7 Å². The summed E-state index contributed by atoms with van der Waals surface area (Å²) in [6, 6.07) is 8.21. The van der Waals surface area contributed by atoms with Crippen molar-refractivity contribution >= 4 is 51.3 Å². The molecule has 2 nitrogen and oxygen atoms in total. The predicted octanol–water partition coefficient (Wildman–Crippen LogP) is 5.29. The molecule has 0 amide bonds. The van der Waals surface area contributed by atoms with Crippen LogP contribution in [0, 0.1) is 3.57 Å². The van der Waals surface area contributed by atoms with Crippen LogP contribution in [0.2, 0.25) is 5.02 Å². The van der Waals surface area contributed by atoms with E-state index in [1.807, 2.05) is 22.6 Å². The Labute approximate surface area is 132 Å². The van der Waals surface area contributed by atoms with Gasteiger partial charge in [0.05, 0.1) is 22.0 Å². The second kappa shape index (κ2) is 5.69. The Morgan fingerprint density at radius 1 is 1.05 bits per heavy atom.